The van der Waals surface area contributed by atoms with E-state index >= 15 is 0 Å². The van der Waals surface area contributed by atoms with Crippen LogP contribution in [0.2, 0.25) is 0 Å². The Balaban J connectivity index is 5.70. The van der Waals surface area contributed by atoms with Crippen molar-refractivity contribution < 1.29 is 47.4 Å². The molecule has 0 aromatic heterocycles. The minimum absolute atomic E-state index is 0.722. The van der Waals surface area contributed by atoms with Gasteiger partial charge in [-0.1, -0.05) is 0 Å². The van der Waals surface area contributed by atoms with E-state index in [1.54, 1.807) is 62.3 Å². The van der Waals surface area contributed by atoms with Crippen molar-refractivity contribution in [2.24, 2.45) is 0 Å². The van der Waals surface area contributed by atoms with Crippen LogP contribution in [0.5, 0.6) is 0 Å². The van der Waals surface area contributed by atoms with Crippen molar-refractivity contribution >= 4 is 9.05 Å². The summed E-state index contributed by atoms with van der Waals surface area (Å²) in [5.41, 5.74) is -2.17. The number of hydrogen-bond donors (Lipinski definition) is 3. The monoisotopic (exact) mass is 404 g/mol. The molecule has 0 saturated carbocycles. The van der Waals surface area contributed by atoms with E-state index in [9.17, 15) is 9.55 Å². The van der Waals surface area contributed by atoms with Crippen LogP contribution in [0.3, 0.4) is 0 Å². The van der Waals surface area contributed by atoms with Crippen LogP contribution >= 0.6 is 0 Å². The molecule has 9 heteroatoms. The second-order valence-corrected chi connectivity index (χ2v) is 14.0. The second-order valence-electron chi connectivity index (χ2n) is 7.82. The third-order valence-corrected chi connectivity index (χ3v) is 8.53. The topological polar surface area (TPSA) is 97.6 Å². The SMILES string of the molecule is CC(C)(C)O[Si](OC(C)(C)C)(OC(C)(C)C)[O][Zr]([OH])([OH])[OH]. The van der Waals surface area contributed by atoms with Gasteiger partial charge in [0.2, 0.25) is 0 Å². The van der Waals surface area contributed by atoms with Gasteiger partial charge in [-0.15, -0.1) is 0 Å². The first-order valence-corrected chi connectivity index (χ1v) is 12.7. The predicted molar refractivity (Wildman–Crippen MR) is 76.0 cm³/mol. The van der Waals surface area contributed by atoms with Crippen molar-refractivity contribution in [2.75, 3.05) is 0 Å². The molecule has 0 aromatic carbocycles. The van der Waals surface area contributed by atoms with Gasteiger partial charge in [0.1, 0.15) is 0 Å². The third kappa shape index (κ3) is 12.0. The maximum atomic E-state index is 9.44. The third-order valence-electron chi connectivity index (χ3n) is 1.56. The van der Waals surface area contributed by atoms with Gasteiger partial charge >= 0.3 is 136 Å². The summed E-state index contributed by atoms with van der Waals surface area (Å²) in [7, 11) is -3.99. The Morgan fingerprint density at radius 1 is 0.619 bits per heavy atom. The molecule has 21 heavy (non-hydrogen) atoms. The van der Waals surface area contributed by atoms with E-state index in [0.29, 0.717) is 0 Å². The van der Waals surface area contributed by atoms with Crippen LogP contribution in [0.15, 0.2) is 0 Å². The van der Waals surface area contributed by atoms with E-state index in [1.807, 2.05) is 0 Å². The van der Waals surface area contributed by atoms with E-state index in [4.69, 9.17) is 15.8 Å². The Hall–Kier alpha value is 0.820. The molecule has 0 atom stereocenters. The fourth-order valence-electron chi connectivity index (χ4n) is 1.42. The van der Waals surface area contributed by atoms with Gasteiger partial charge in [-0.3, -0.25) is 0 Å². The van der Waals surface area contributed by atoms with Gasteiger partial charge in [0, 0.05) is 0 Å². The fraction of sp³-hybridized carbons (Fsp3) is 1.00. The Morgan fingerprint density at radius 3 is 1.00 bits per heavy atom. The first-order chi connectivity index (χ1) is 8.83. The van der Waals surface area contributed by atoms with Crippen molar-refractivity contribution in [3.05, 3.63) is 0 Å². The van der Waals surface area contributed by atoms with E-state index in [1.165, 1.54) is 0 Å². The molecule has 0 saturated heterocycles. The van der Waals surface area contributed by atoms with Gasteiger partial charge in [0.05, 0.1) is 0 Å². The summed E-state index contributed by atoms with van der Waals surface area (Å²) in [5.74, 6) is 0. The van der Waals surface area contributed by atoms with Crippen molar-refractivity contribution in [1.82, 2.24) is 0 Å². The summed E-state index contributed by atoms with van der Waals surface area (Å²) in [6.07, 6.45) is 0. The molecule has 0 aromatic rings. The van der Waals surface area contributed by atoms with E-state index < -0.39 is 47.9 Å². The molecule has 0 unspecified atom stereocenters. The normalized spacial score (nSPS) is 15.4. The summed E-state index contributed by atoms with van der Waals surface area (Å²) in [6, 6.07) is 0. The molecular weight excluding hydrogens is 375 g/mol. The average molecular weight is 406 g/mol. The van der Waals surface area contributed by atoms with Crippen molar-refractivity contribution in [1.29, 1.82) is 0 Å². The van der Waals surface area contributed by atoms with Crippen LogP contribution in [0, 0.1) is 0 Å². The number of hydrogen-bond acceptors (Lipinski definition) is 7. The standard InChI is InChI=1S/C12H27O4Si.3H2O.Zr/c1-10(2,3)14-17(13,15-11(4,5)6)16-12(7,8)9;;;;/h1-9H3;3*1H2;/q-1;;;;+4/p-3. The molecule has 0 aliphatic rings. The molecule has 3 N–H and O–H groups in total. The molecule has 0 spiro atoms. The van der Waals surface area contributed by atoms with Crippen LogP contribution in [0.4, 0.5) is 0 Å². The maximum absolute atomic E-state index is 9.44. The Bertz CT molecular complexity index is 266. The summed E-state index contributed by atoms with van der Waals surface area (Å²) >= 11 is -5.66. The van der Waals surface area contributed by atoms with Crippen LogP contribution < -0.4 is 0 Å². The first-order valence-electron chi connectivity index (χ1n) is 6.80. The zero-order valence-corrected chi connectivity index (χ0v) is 17.9. The van der Waals surface area contributed by atoms with E-state index in [-0.39, 0.29) is 0 Å². The Morgan fingerprint density at radius 2 is 0.857 bits per heavy atom. The van der Waals surface area contributed by atoms with Gasteiger partial charge in [-0.2, -0.15) is 0 Å². The molecule has 0 aliphatic carbocycles. The molecular formula is C12H30O7SiZr. The van der Waals surface area contributed by atoms with Crippen LogP contribution in [0.1, 0.15) is 62.3 Å². The van der Waals surface area contributed by atoms with Crippen LogP contribution in [-0.4, -0.2) is 35.4 Å². The van der Waals surface area contributed by atoms with Crippen molar-refractivity contribution in [3.63, 3.8) is 0 Å². The van der Waals surface area contributed by atoms with Crippen LogP contribution in [-0.2, 0) is 37.8 Å². The zero-order chi connectivity index (χ0) is 17.3. The zero-order valence-electron chi connectivity index (χ0n) is 14.5. The van der Waals surface area contributed by atoms with E-state index in [2.05, 4.69) is 0 Å². The molecule has 0 bridgehead atoms. The molecule has 0 rings (SSSR count). The number of rotatable bonds is 5. The molecule has 7 nitrogen and oxygen atoms in total. The summed E-state index contributed by atoms with van der Waals surface area (Å²) in [6.45, 7) is 15.9. The molecule has 0 amide bonds. The van der Waals surface area contributed by atoms with Gasteiger partial charge in [0.25, 0.3) is 0 Å². The van der Waals surface area contributed by atoms with Crippen molar-refractivity contribution in [3.8, 4) is 0 Å². The minimum atomic E-state index is -5.66. The molecule has 0 aliphatic heterocycles. The first kappa shape index (κ1) is 21.8. The Labute approximate surface area is 135 Å². The summed E-state index contributed by atoms with van der Waals surface area (Å²) in [5, 5.41) is 0. The quantitative estimate of drug-likeness (QED) is 0.599. The van der Waals surface area contributed by atoms with Gasteiger partial charge in [0.15, 0.2) is 0 Å². The van der Waals surface area contributed by atoms with Gasteiger partial charge in [-0.05, 0) is 0 Å². The Kier molecular flexibility index (Phi) is 7.01. The van der Waals surface area contributed by atoms with Gasteiger partial charge in [-0.25, -0.2) is 0 Å². The fourth-order valence-corrected chi connectivity index (χ4v) is 7.65. The molecule has 0 radical (unpaired) electrons. The molecule has 0 heterocycles. The average Bonchev–Trinajstić information content (AvgIpc) is 1.83. The summed E-state index contributed by atoms with van der Waals surface area (Å²) in [4.78, 5) is 0. The van der Waals surface area contributed by atoms with E-state index in [0.717, 1.165) is 0 Å². The van der Waals surface area contributed by atoms with Gasteiger partial charge < -0.3 is 0 Å². The van der Waals surface area contributed by atoms with Crippen molar-refractivity contribution in [2.45, 2.75) is 79.1 Å². The second kappa shape index (κ2) is 6.75. The summed E-state index contributed by atoms with van der Waals surface area (Å²) < 4.78 is 50.8. The molecule has 0 fully saturated rings. The predicted octanol–water partition coefficient (Wildman–Crippen LogP) is 1.67. The molecule has 128 valence electrons. The van der Waals surface area contributed by atoms with Crippen LogP contribution in [0.25, 0.3) is 0 Å².